The van der Waals surface area contributed by atoms with E-state index in [9.17, 15) is 0 Å². The molecule has 0 bridgehead atoms. The molecule has 0 aromatic rings. The van der Waals surface area contributed by atoms with Gasteiger partial charge in [0.15, 0.2) is 0 Å². The molecule has 1 saturated heterocycles. The molecule has 0 spiro atoms. The summed E-state index contributed by atoms with van der Waals surface area (Å²) in [5.41, 5.74) is 5.50. The first kappa shape index (κ1) is 13.9. The fraction of sp³-hybridized carbons (Fsp3) is 1.00. The van der Waals surface area contributed by atoms with Gasteiger partial charge in [-0.2, -0.15) is 0 Å². The molecule has 0 aliphatic carbocycles. The number of piperidine rings is 1. The van der Waals surface area contributed by atoms with E-state index in [1.165, 1.54) is 19.4 Å². The van der Waals surface area contributed by atoms with Crippen LogP contribution in [0, 0.1) is 0 Å². The molecule has 0 amide bonds. The molecule has 0 aromatic heterocycles. The molecule has 0 radical (unpaired) electrons. The van der Waals surface area contributed by atoms with E-state index >= 15 is 0 Å². The van der Waals surface area contributed by atoms with Gasteiger partial charge in [-0.05, 0) is 53.4 Å². The second kappa shape index (κ2) is 5.96. The van der Waals surface area contributed by atoms with Crippen LogP contribution in [0.15, 0.2) is 0 Å². The van der Waals surface area contributed by atoms with Crippen LogP contribution in [-0.2, 0) is 0 Å². The predicted molar refractivity (Wildman–Crippen MR) is 67.4 cm³/mol. The number of rotatable bonds is 5. The van der Waals surface area contributed by atoms with Crippen molar-refractivity contribution in [1.82, 2.24) is 9.80 Å². The van der Waals surface area contributed by atoms with Crippen LogP contribution in [0.25, 0.3) is 0 Å². The van der Waals surface area contributed by atoms with Gasteiger partial charge in [0.2, 0.25) is 0 Å². The first-order valence-electron chi connectivity index (χ1n) is 6.23. The van der Waals surface area contributed by atoms with Gasteiger partial charge < -0.3 is 20.6 Å². The molecule has 1 aliphatic heterocycles. The fourth-order valence-corrected chi connectivity index (χ4v) is 2.19. The summed E-state index contributed by atoms with van der Waals surface area (Å²) in [5.74, 6) is 0. The molecule has 4 heteroatoms. The molecular weight excluding hydrogens is 202 g/mol. The number of nitrogens with zero attached hydrogens (tertiary/aromatic N) is 2. The zero-order valence-corrected chi connectivity index (χ0v) is 10.9. The van der Waals surface area contributed by atoms with Crippen LogP contribution in [0.4, 0.5) is 0 Å². The van der Waals surface area contributed by atoms with Crippen molar-refractivity contribution in [2.24, 2.45) is 5.73 Å². The normalized spacial score (nSPS) is 27.0. The third kappa shape index (κ3) is 4.37. The highest BCUT2D eigenvalue weighted by atomic mass is 16.3. The highest BCUT2D eigenvalue weighted by molar-refractivity contribution is 4.82. The van der Waals surface area contributed by atoms with E-state index in [-0.39, 0.29) is 6.61 Å². The third-order valence-corrected chi connectivity index (χ3v) is 3.62. The minimum Gasteiger partial charge on any atom is -0.394 e. The zero-order chi connectivity index (χ0) is 12.2. The largest absolute Gasteiger partial charge is 0.394 e. The highest BCUT2D eigenvalue weighted by Crippen LogP contribution is 2.15. The van der Waals surface area contributed by atoms with Gasteiger partial charge in [-0.1, -0.05) is 0 Å². The average Bonchev–Trinajstić information content (AvgIpc) is 2.26. The zero-order valence-electron chi connectivity index (χ0n) is 10.9. The fourth-order valence-electron chi connectivity index (χ4n) is 2.19. The van der Waals surface area contributed by atoms with Gasteiger partial charge in [0.25, 0.3) is 0 Å². The Morgan fingerprint density at radius 3 is 2.81 bits per heavy atom. The van der Waals surface area contributed by atoms with Crippen molar-refractivity contribution in [2.75, 3.05) is 40.3 Å². The van der Waals surface area contributed by atoms with Gasteiger partial charge in [0.1, 0.15) is 0 Å². The molecule has 96 valence electrons. The average molecular weight is 229 g/mol. The second-order valence-corrected chi connectivity index (χ2v) is 5.60. The molecule has 2 atom stereocenters. The molecule has 1 aliphatic rings. The van der Waals surface area contributed by atoms with E-state index in [0.29, 0.717) is 6.04 Å². The van der Waals surface area contributed by atoms with Crippen LogP contribution in [0.2, 0.25) is 0 Å². The predicted octanol–water partition coefficient (Wildman–Crippen LogP) is 0.112. The third-order valence-electron chi connectivity index (χ3n) is 3.62. The number of aliphatic hydroxyl groups is 1. The van der Waals surface area contributed by atoms with Crippen LogP contribution >= 0.6 is 0 Å². The first-order valence-corrected chi connectivity index (χ1v) is 6.23. The minimum atomic E-state index is -0.436. The van der Waals surface area contributed by atoms with Gasteiger partial charge in [-0.3, -0.25) is 0 Å². The highest BCUT2D eigenvalue weighted by Gasteiger charge is 2.23. The van der Waals surface area contributed by atoms with E-state index in [1.54, 1.807) is 0 Å². The number of aliphatic hydroxyl groups excluding tert-OH is 1. The first-order chi connectivity index (χ1) is 7.44. The van der Waals surface area contributed by atoms with Gasteiger partial charge in [0, 0.05) is 18.1 Å². The van der Waals surface area contributed by atoms with E-state index in [2.05, 4.69) is 23.9 Å². The standard InChI is InChI=1S/C12H27N3O/c1-12(13,10-16)6-8-15(3)11-5-4-7-14(2)9-11/h11,16H,4-10,13H2,1-3H3. The van der Waals surface area contributed by atoms with Crippen molar-refractivity contribution in [3.8, 4) is 0 Å². The summed E-state index contributed by atoms with van der Waals surface area (Å²) in [6.45, 7) is 5.30. The van der Waals surface area contributed by atoms with Crippen molar-refractivity contribution in [2.45, 2.75) is 37.8 Å². The number of hydrogen-bond acceptors (Lipinski definition) is 4. The van der Waals surface area contributed by atoms with Crippen LogP contribution in [0.3, 0.4) is 0 Å². The van der Waals surface area contributed by atoms with E-state index in [4.69, 9.17) is 10.8 Å². The Hall–Kier alpha value is -0.160. The Morgan fingerprint density at radius 2 is 2.25 bits per heavy atom. The Bertz CT molecular complexity index is 208. The van der Waals surface area contributed by atoms with Crippen LogP contribution in [0.5, 0.6) is 0 Å². The maximum Gasteiger partial charge on any atom is 0.0608 e. The Balaban J connectivity index is 2.31. The molecule has 16 heavy (non-hydrogen) atoms. The maximum absolute atomic E-state index is 9.11. The van der Waals surface area contributed by atoms with Crippen molar-refractivity contribution < 1.29 is 5.11 Å². The molecule has 3 N–H and O–H groups in total. The van der Waals surface area contributed by atoms with Crippen molar-refractivity contribution in [1.29, 1.82) is 0 Å². The topological polar surface area (TPSA) is 52.7 Å². The summed E-state index contributed by atoms with van der Waals surface area (Å²) in [5, 5.41) is 9.11. The molecule has 1 fully saturated rings. The number of nitrogens with two attached hydrogens (primary N) is 1. The van der Waals surface area contributed by atoms with Crippen LogP contribution in [-0.4, -0.2) is 66.8 Å². The lowest BCUT2D eigenvalue weighted by atomic mass is 9.99. The molecule has 0 aromatic carbocycles. The summed E-state index contributed by atoms with van der Waals surface area (Å²) < 4.78 is 0. The molecule has 0 saturated carbocycles. The summed E-state index contributed by atoms with van der Waals surface area (Å²) in [4.78, 5) is 4.77. The van der Waals surface area contributed by atoms with Gasteiger partial charge in [-0.15, -0.1) is 0 Å². The Kier molecular flexibility index (Phi) is 5.18. The van der Waals surface area contributed by atoms with E-state index < -0.39 is 5.54 Å². The van der Waals surface area contributed by atoms with Gasteiger partial charge >= 0.3 is 0 Å². The number of hydrogen-bond donors (Lipinski definition) is 2. The summed E-state index contributed by atoms with van der Waals surface area (Å²) in [6, 6.07) is 0.647. The van der Waals surface area contributed by atoms with Crippen molar-refractivity contribution in [3.63, 3.8) is 0 Å². The molecule has 2 unspecified atom stereocenters. The molecule has 4 nitrogen and oxygen atoms in total. The van der Waals surface area contributed by atoms with Gasteiger partial charge in [-0.25, -0.2) is 0 Å². The van der Waals surface area contributed by atoms with Crippen LogP contribution in [0.1, 0.15) is 26.2 Å². The van der Waals surface area contributed by atoms with Crippen molar-refractivity contribution >= 4 is 0 Å². The Morgan fingerprint density at radius 1 is 1.56 bits per heavy atom. The van der Waals surface area contributed by atoms with Crippen molar-refractivity contribution in [3.05, 3.63) is 0 Å². The maximum atomic E-state index is 9.11. The number of likely N-dealkylation sites (tertiary alicyclic amines) is 1. The molecule has 1 rings (SSSR count). The lowest BCUT2D eigenvalue weighted by molar-refractivity contribution is 0.118. The quantitative estimate of drug-likeness (QED) is 0.703. The lowest BCUT2D eigenvalue weighted by Crippen LogP contribution is -2.48. The van der Waals surface area contributed by atoms with Gasteiger partial charge in [0.05, 0.1) is 6.61 Å². The van der Waals surface area contributed by atoms with Crippen LogP contribution < -0.4 is 5.73 Å². The second-order valence-electron chi connectivity index (χ2n) is 5.60. The molecular formula is C12H27N3O. The molecule has 1 heterocycles. The number of likely N-dealkylation sites (N-methyl/N-ethyl adjacent to an activating group) is 2. The lowest BCUT2D eigenvalue weighted by Gasteiger charge is -2.37. The monoisotopic (exact) mass is 229 g/mol. The van der Waals surface area contributed by atoms with E-state index in [1.807, 2.05) is 6.92 Å². The minimum absolute atomic E-state index is 0.0609. The summed E-state index contributed by atoms with van der Waals surface area (Å²) >= 11 is 0. The summed E-state index contributed by atoms with van der Waals surface area (Å²) in [6.07, 6.45) is 3.41. The summed E-state index contributed by atoms with van der Waals surface area (Å²) in [7, 11) is 4.35. The smallest absolute Gasteiger partial charge is 0.0608 e. The SMILES string of the molecule is CN1CCCC(N(C)CCC(C)(N)CO)C1. The Labute approximate surface area is 99.4 Å². The van der Waals surface area contributed by atoms with E-state index in [0.717, 1.165) is 19.5 Å².